The van der Waals surface area contributed by atoms with Gasteiger partial charge in [0.15, 0.2) is 0 Å². The molecule has 0 radical (unpaired) electrons. The zero-order valence-electron chi connectivity index (χ0n) is 13.1. The Hall–Kier alpha value is -1.22. The maximum Gasteiger partial charge on any atom is 0.257 e. The van der Waals surface area contributed by atoms with Crippen molar-refractivity contribution in [2.45, 2.75) is 45.4 Å². The van der Waals surface area contributed by atoms with E-state index < -0.39 is 0 Å². The van der Waals surface area contributed by atoms with E-state index >= 15 is 0 Å². The van der Waals surface area contributed by atoms with Crippen LogP contribution >= 0.6 is 11.6 Å². The van der Waals surface area contributed by atoms with Crippen molar-refractivity contribution in [3.05, 3.63) is 28.8 Å². The normalized spacial score (nSPS) is 24.5. The zero-order valence-corrected chi connectivity index (χ0v) is 13.9. The lowest BCUT2D eigenvalue weighted by Crippen LogP contribution is -2.51. The fraction of sp³-hybridized carbons (Fsp3) is 0.611. The highest BCUT2D eigenvalue weighted by Crippen LogP contribution is 2.47. The van der Waals surface area contributed by atoms with E-state index in [1.807, 2.05) is 4.90 Å². The predicted octanol–water partition coefficient (Wildman–Crippen LogP) is 4.48. The average molecular weight is 322 g/mol. The van der Waals surface area contributed by atoms with Gasteiger partial charge in [-0.2, -0.15) is 0 Å². The molecule has 1 amide bonds. The van der Waals surface area contributed by atoms with Gasteiger partial charge >= 0.3 is 0 Å². The molecular weight excluding hydrogens is 298 g/mol. The Labute approximate surface area is 137 Å². The van der Waals surface area contributed by atoms with Crippen molar-refractivity contribution < 1.29 is 9.90 Å². The second-order valence-corrected chi connectivity index (χ2v) is 7.44. The lowest BCUT2D eigenvalue weighted by atomic mass is 9.63. The summed E-state index contributed by atoms with van der Waals surface area (Å²) in [4.78, 5) is 14.7. The molecule has 1 aliphatic heterocycles. The Morgan fingerprint density at radius 3 is 2.73 bits per heavy atom. The lowest BCUT2D eigenvalue weighted by Gasteiger charge is -2.49. The molecule has 3 rings (SSSR count). The van der Waals surface area contributed by atoms with Crippen LogP contribution in [0.1, 0.15) is 55.8 Å². The number of carbonyl (C=O) groups excluding carboxylic acids is 1. The highest BCUT2D eigenvalue weighted by molar-refractivity contribution is 6.30. The number of carbonyl (C=O) groups is 1. The molecule has 2 fully saturated rings. The SMILES string of the molecule is CC1CCN(C(=O)c2ccc(Cl)cc2O)CC12CCCCC2. The van der Waals surface area contributed by atoms with Crippen LogP contribution in [0.5, 0.6) is 5.75 Å². The first-order valence-electron chi connectivity index (χ1n) is 8.30. The van der Waals surface area contributed by atoms with Crippen molar-refractivity contribution in [1.29, 1.82) is 0 Å². The van der Waals surface area contributed by atoms with Gasteiger partial charge in [-0.1, -0.05) is 37.8 Å². The van der Waals surface area contributed by atoms with E-state index in [4.69, 9.17) is 11.6 Å². The summed E-state index contributed by atoms with van der Waals surface area (Å²) in [5.74, 6) is 0.593. The van der Waals surface area contributed by atoms with Crippen LogP contribution in [0.25, 0.3) is 0 Å². The number of nitrogens with zero attached hydrogens (tertiary/aromatic N) is 1. The van der Waals surface area contributed by atoms with Crippen LogP contribution in [0, 0.1) is 11.3 Å². The van der Waals surface area contributed by atoms with Gasteiger partial charge in [0.2, 0.25) is 0 Å². The molecule has 1 aliphatic carbocycles. The number of halogens is 1. The molecule has 1 N–H and O–H groups in total. The molecule has 0 bridgehead atoms. The van der Waals surface area contributed by atoms with Crippen LogP contribution in [0.4, 0.5) is 0 Å². The van der Waals surface area contributed by atoms with Crippen LogP contribution in [-0.2, 0) is 0 Å². The third-order valence-corrected chi connectivity index (χ3v) is 5.95. The van der Waals surface area contributed by atoms with Crippen molar-refractivity contribution in [2.75, 3.05) is 13.1 Å². The molecule has 4 heteroatoms. The first-order chi connectivity index (χ1) is 10.5. The predicted molar refractivity (Wildman–Crippen MR) is 88.3 cm³/mol. The summed E-state index contributed by atoms with van der Waals surface area (Å²) >= 11 is 5.86. The molecule has 3 nitrogen and oxygen atoms in total. The minimum Gasteiger partial charge on any atom is -0.507 e. The van der Waals surface area contributed by atoms with Crippen LogP contribution in [0.3, 0.4) is 0 Å². The van der Waals surface area contributed by atoms with Gasteiger partial charge in [0.25, 0.3) is 5.91 Å². The summed E-state index contributed by atoms with van der Waals surface area (Å²) in [6.07, 6.45) is 7.38. The summed E-state index contributed by atoms with van der Waals surface area (Å²) in [6, 6.07) is 4.74. The monoisotopic (exact) mass is 321 g/mol. The molecule has 1 heterocycles. The lowest BCUT2D eigenvalue weighted by molar-refractivity contribution is 0.00669. The molecule has 1 atom stereocenters. The number of hydrogen-bond donors (Lipinski definition) is 1. The summed E-state index contributed by atoms with van der Waals surface area (Å²) in [5, 5.41) is 10.5. The minimum absolute atomic E-state index is 0.0196. The van der Waals surface area contributed by atoms with E-state index in [9.17, 15) is 9.90 Å². The van der Waals surface area contributed by atoms with Gasteiger partial charge < -0.3 is 10.0 Å². The Morgan fingerprint density at radius 2 is 2.05 bits per heavy atom. The highest BCUT2D eigenvalue weighted by Gasteiger charge is 2.43. The maximum atomic E-state index is 12.8. The first kappa shape index (κ1) is 15.7. The quantitative estimate of drug-likeness (QED) is 0.828. The molecule has 22 heavy (non-hydrogen) atoms. The van der Waals surface area contributed by atoms with E-state index in [1.54, 1.807) is 12.1 Å². The highest BCUT2D eigenvalue weighted by atomic mass is 35.5. The summed E-state index contributed by atoms with van der Waals surface area (Å²) in [7, 11) is 0. The van der Waals surface area contributed by atoms with E-state index in [-0.39, 0.29) is 17.1 Å². The number of phenols is 1. The largest absolute Gasteiger partial charge is 0.507 e. The summed E-state index contributed by atoms with van der Waals surface area (Å²) in [5.41, 5.74) is 0.652. The van der Waals surface area contributed by atoms with Gasteiger partial charge in [-0.05, 0) is 48.8 Å². The molecule has 1 aromatic rings. The summed E-state index contributed by atoms with van der Waals surface area (Å²) < 4.78 is 0. The van der Waals surface area contributed by atoms with Crippen LogP contribution < -0.4 is 0 Å². The van der Waals surface area contributed by atoms with Crippen LogP contribution in [0.2, 0.25) is 5.02 Å². The van der Waals surface area contributed by atoms with E-state index in [0.717, 1.165) is 19.5 Å². The van der Waals surface area contributed by atoms with Crippen LogP contribution in [-0.4, -0.2) is 29.0 Å². The van der Waals surface area contributed by atoms with E-state index in [0.29, 0.717) is 16.5 Å². The van der Waals surface area contributed by atoms with E-state index in [1.165, 1.54) is 38.2 Å². The second kappa shape index (κ2) is 6.11. The molecule has 1 saturated carbocycles. The molecule has 2 aliphatic rings. The Kier molecular flexibility index (Phi) is 4.35. The molecule has 120 valence electrons. The van der Waals surface area contributed by atoms with Crippen LogP contribution in [0.15, 0.2) is 18.2 Å². The number of hydrogen-bond acceptors (Lipinski definition) is 2. The fourth-order valence-corrected chi connectivity index (χ4v) is 4.37. The Bertz CT molecular complexity index is 566. The number of rotatable bonds is 1. The summed E-state index contributed by atoms with van der Waals surface area (Å²) in [6.45, 7) is 3.95. The molecule has 1 saturated heterocycles. The zero-order chi connectivity index (χ0) is 15.7. The van der Waals surface area contributed by atoms with Gasteiger partial charge in [-0.3, -0.25) is 4.79 Å². The number of piperidine rings is 1. The van der Waals surface area contributed by atoms with Gasteiger partial charge in [0, 0.05) is 18.1 Å². The van der Waals surface area contributed by atoms with Gasteiger partial charge in [0.1, 0.15) is 5.75 Å². The van der Waals surface area contributed by atoms with Gasteiger partial charge in [-0.15, -0.1) is 0 Å². The maximum absolute atomic E-state index is 12.8. The average Bonchev–Trinajstić information content (AvgIpc) is 2.50. The van der Waals surface area contributed by atoms with Crippen molar-refractivity contribution in [2.24, 2.45) is 11.3 Å². The Balaban J connectivity index is 1.81. The second-order valence-electron chi connectivity index (χ2n) is 7.00. The number of benzene rings is 1. The molecule has 1 unspecified atom stereocenters. The van der Waals surface area contributed by atoms with Gasteiger partial charge in [-0.25, -0.2) is 0 Å². The molecule has 1 aromatic carbocycles. The minimum atomic E-state index is -0.0639. The topological polar surface area (TPSA) is 40.5 Å². The fourth-order valence-electron chi connectivity index (χ4n) is 4.21. The molecule has 1 spiro atoms. The third-order valence-electron chi connectivity index (χ3n) is 5.71. The standard InChI is InChI=1S/C18H24ClNO2/c1-13-7-10-20(12-18(13)8-3-2-4-9-18)17(22)15-6-5-14(19)11-16(15)21/h5-6,11,13,21H,2-4,7-10,12H2,1H3. The molecular formula is C18H24ClNO2. The van der Waals surface area contributed by atoms with Crippen molar-refractivity contribution >= 4 is 17.5 Å². The third kappa shape index (κ3) is 2.83. The first-order valence-corrected chi connectivity index (χ1v) is 8.67. The number of likely N-dealkylation sites (tertiary alicyclic amines) is 1. The van der Waals surface area contributed by atoms with Crippen molar-refractivity contribution in [1.82, 2.24) is 4.90 Å². The van der Waals surface area contributed by atoms with Gasteiger partial charge in [0.05, 0.1) is 5.56 Å². The molecule has 0 aromatic heterocycles. The number of amides is 1. The Morgan fingerprint density at radius 1 is 1.32 bits per heavy atom. The number of phenolic OH excluding ortho intramolecular Hbond substituents is 1. The van der Waals surface area contributed by atoms with Crippen molar-refractivity contribution in [3.63, 3.8) is 0 Å². The smallest absolute Gasteiger partial charge is 0.257 e. The van der Waals surface area contributed by atoms with Crippen molar-refractivity contribution in [3.8, 4) is 5.75 Å². The number of aromatic hydroxyl groups is 1. The van der Waals surface area contributed by atoms with E-state index in [2.05, 4.69) is 6.92 Å².